The van der Waals surface area contributed by atoms with E-state index in [1.807, 2.05) is 6.92 Å². The Morgan fingerprint density at radius 2 is 1.91 bits per heavy atom. The van der Waals surface area contributed by atoms with Gasteiger partial charge in [0.25, 0.3) is 0 Å². The molecule has 0 aromatic rings. The minimum atomic E-state index is -0.206. The summed E-state index contributed by atoms with van der Waals surface area (Å²) in [6.07, 6.45) is 1.64. The fraction of sp³-hybridized carbons (Fsp3) is 1.00. The molecule has 0 saturated heterocycles. The maximum Gasteiger partial charge on any atom is 0.0577 e. The molecule has 2 nitrogen and oxygen atoms in total. The molecule has 0 fully saturated rings. The molecule has 2 atom stereocenters. The van der Waals surface area contributed by atoms with Crippen molar-refractivity contribution in [3.63, 3.8) is 0 Å². The molecule has 2 heteroatoms. The second-order valence-electron chi connectivity index (χ2n) is 3.60. The molecule has 0 bridgehead atoms. The van der Waals surface area contributed by atoms with E-state index in [4.69, 9.17) is 5.73 Å². The molecule has 0 aliphatic carbocycles. The lowest BCUT2D eigenvalue weighted by Crippen LogP contribution is -2.28. The zero-order valence-electron chi connectivity index (χ0n) is 7.88. The second-order valence-corrected chi connectivity index (χ2v) is 3.60. The van der Waals surface area contributed by atoms with Crippen LogP contribution in [0.15, 0.2) is 0 Å². The predicted molar refractivity (Wildman–Crippen MR) is 48.3 cm³/mol. The Morgan fingerprint density at radius 1 is 1.36 bits per heavy atom. The van der Waals surface area contributed by atoms with Crippen molar-refractivity contribution in [2.75, 3.05) is 6.54 Å². The Kier molecular flexibility index (Phi) is 5.51. The minimum Gasteiger partial charge on any atom is -0.393 e. The van der Waals surface area contributed by atoms with E-state index in [-0.39, 0.29) is 6.10 Å². The van der Waals surface area contributed by atoms with E-state index in [1.54, 1.807) is 0 Å². The summed E-state index contributed by atoms with van der Waals surface area (Å²) in [5, 5.41) is 9.49. The molecule has 3 N–H and O–H groups in total. The Labute approximate surface area is 69.8 Å². The molecular formula is C9H21NO. The predicted octanol–water partition coefficient (Wildman–Crippen LogP) is 1.38. The van der Waals surface area contributed by atoms with Crippen LogP contribution >= 0.6 is 0 Å². The normalized spacial score (nSPS) is 16.9. The summed E-state index contributed by atoms with van der Waals surface area (Å²) in [5.74, 6) is 0.921. The number of hydrogen-bond donors (Lipinski definition) is 2. The van der Waals surface area contributed by atoms with Gasteiger partial charge in [-0.15, -0.1) is 0 Å². The van der Waals surface area contributed by atoms with Gasteiger partial charge in [-0.3, -0.25) is 0 Å². The molecule has 0 aromatic heterocycles. The highest BCUT2D eigenvalue weighted by molar-refractivity contribution is 4.69. The van der Waals surface area contributed by atoms with Crippen molar-refractivity contribution in [1.29, 1.82) is 0 Å². The van der Waals surface area contributed by atoms with Crippen LogP contribution in [0.25, 0.3) is 0 Å². The smallest absolute Gasteiger partial charge is 0.0577 e. The van der Waals surface area contributed by atoms with Crippen LogP contribution in [0, 0.1) is 11.8 Å². The molecule has 0 spiro atoms. The van der Waals surface area contributed by atoms with E-state index < -0.39 is 0 Å². The Balaban J connectivity index is 3.74. The van der Waals surface area contributed by atoms with Crippen molar-refractivity contribution in [2.45, 2.75) is 39.7 Å². The van der Waals surface area contributed by atoms with Gasteiger partial charge in [-0.05, 0) is 31.2 Å². The third-order valence-electron chi connectivity index (χ3n) is 2.04. The average Bonchev–Trinajstić information content (AvgIpc) is 1.98. The summed E-state index contributed by atoms with van der Waals surface area (Å²) in [6.45, 7) is 6.91. The van der Waals surface area contributed by atoms with Crippen molar-refractivity contribution < 1.29 is 5.11 Å². The van der Waals surface area contributed by atoms with Gasteiger partial charge in [0.2, 0.25) is 0 Å². The van der Waals surface area contributed by atoms with Crippen LogP contribution in [-0.4, -0.2) is 17.8 Å². The molecule has 68 valence electrons. The van der Waals surface area contributed by atoms with Gasteiger partial charge in [-0.2, -0.15) is 0 Å². The quantitative estimate of drug-likeness (QED) is 0.636. The van der Waals surface area contributed by atoms with Crippen LogP contribution in [0.5, 0.6) is 0 Å². The van der Waals surface area contributed by atoms with Crippen LogP contribution in [0.3, 0.4) is 0 Å². The van der Waals surface area contributed by atoms with E-state index in [0.717, 1.165) is 12.8 Å². The SMILES string of the molecule is CCC(O)C(CN)CC(C)C. The van der Waals surface area contributed by atoms with Gasteiger partial charge >= 0.3 is 0 Å². The Hall–Kier alpha value is -0.0800. The van der Waals surface area contributed by atoms with Crippen molar-refractivity contribution in [2.24, 2.45) is 17.6 Å². The summed E-state index contributed by atoms with van der Waals surface area (Å²) >= 11 is 0. The Bertz CT molecular complexity index is 93.6. The highest BCUT2D eigenvalue weighted by atomic mass is 16.3. The maximum atomic E-state index is 9.49. The molecule has 0 amide bonds. The first kappa shape index (κ1) is 10.9. The van der Waals surface area contributed by atoms with Crippen molar-refractivity contribution in [3.05, 3.63) is 0 Å². The van der Waals surface area contributed by atoms with Crippen molar-refractivity contribution in [3.8, 4) is 0 Å². The van der Waals surface area contributed by atoms with Crippen LogP contribution in [0.2, 0.25) is 0 Å². The van der Waals surface area contributed by atoms with Crippen LogP contribution in [0.1, 0.15) is 33.6 Å². The average molecular weight is 159 g/mol. The number of rotatable bonds is 5. The first-order chi connectivity index (χ1) is 5.11. The van der Waals surface area contributed by atoms with Crippen molar-refractivity contribution in [1.82, 2.24) is 0 Å². The highest BCUT2D eigenvalue weighted by Gasteiger charge is 2.16. The van der Waals surface area contributed by atoms with Gasteiger partial charge in [0.15, 0.2) is 0 Å². The lowest BCUT2D eigenvalue weighted by Gasteiger charge is -2.21. The molecule has 0 saturated carbocycles. The maximum absolute atomic E-state index is 9.49. The molecule has 0 rings (SSSR count). The molecule has 11 heavy (non-hydrogen) atoms. The summed E-state index contributed by atoms with van der Waals surface area (Å²) in [5.41, 5.74) is 5.54. The molecule has 0 radical (unpaired) electrons. The van der Waals surface area contributed by atoms with Gasteiger partial charge in [-0.25, -0.2) is 0 Å². The molecular weight excluding hydrogens is 138 g/mol. The number of aliphatic hydroxyl groups excluding tert-OH is 1. The molecule has 0 aliphatic heterocycles. The largest absolute Gasteiger partial charge is 0.393 e. The summed E-state index contributed by atoms with van der Waals surface area (Å²) in [7, 11) is 0. The van der Waals surface area contributed by atoms with Gasteiger partial charge in [0.05, 0.1) is 6.10 Å². The molecule has 0 aliphatic rings. The minimum absolute atomic E-state index is 0.206. The summed E-state index contributed by atoms with van der Waals surface area (Å²) in [6, 6.07) is 0. The van der Waals surface area contributed by atoms with Gasteiger partial charge in [-0.1, -0.05) is 20.8 Å². The summed E-state index contributed by atoms with van der Waals surface area (Å²) < 4.78 is 0. The van der Waals surface area contributed by atoms with Crippen LogP contribution in [-0.2, 0) is 0 Å². The number of hydrogen-bond acceptors (Lipinski definition) is 2. The highest BCUT2D eigenvalue weighted by Crippen LogP contribution is 2.16. The van der Waals surface area contributed by atoms with E-state index in [2.05, 4.69) is 13.8 Å². The third-order valence-corrected chi connectivity index (χ3v) is 2.04. The first-order valence-corrected chi connectivity index (χ1v) is 4.49. The van der Waals surface area contributed by atoms with Crippen LogP contribution < -0.4 is 5.73 Å². The summed E-state index contributed by atoms with van der Waals surface area (Å²) in [4.78, 5) is 0. The van der Waals surface area contributed by atoms with E-state index in [0.29, 0.717) is 18.4 Å². The lowest BCUT2D eigenvalue weighted by molar-refractivity contribution is 0.0955. The lowest BCUT2D eigenvalue weighted by atomic mass is 9.91. The monoisotopic (exact) mass is 159 g/mol. The standard InChI is InChI=1S/C9H21NO/c1-4-9(11)8(6-10)5-7(2)3/h7-9,11H,4-6,10H2,1-3H3. The zero-order chi connectivity index (χ0) is 8.85. The number of nitrogens with two attached hydrogens (primary N) is 1. The second kappa shape index (κ2) is 5.56. The topological polar surface area (TPSA) is 46.2 Å². The van der Waals surface area contributed by atoms with Gasteiger partial charge in [0, 0.05) is 0 Å². The zero-order valence-corrected chi connectivity index (χ0v) is 7.88. The van der Waals surface area contributed by atoms with Gasteiger partial charge in [0.1, 0.15) is 0 Å². The number of aliphatic hydroxyl groups is 1. The van der Waals surface area contributed by atoms with Crippen molar-refractivity contribution >= 4 is 0 Å². The third kappa shape index (κ3) is 4.38. The van der Waals surface area contributed by atoms with Crippen LogP contribution in [0.4, 0.5) is 0 Å². The fourth-order valence-corrected chi connectivity index (χ4v) is 1.35. The molecule has 0 aromatic carbocycles. The van der Waals surface area contributed by atoms with E-state index in [1.165, 1.54) is 0 Å². The van der Waals surface area contributed by atoms with E-state index in [9.17, 15) is 5.11 Å². The molecule has 0 heterocycles. The van der Waals surface area contributed by atoms with Gasteiger partial charge < -0.3 is 10.8 Å². The van der Waals surface area contributed by atoms with E-state index >= 15 is 0 Å². The first-order valence-electron chi connectivity index (χ1n) is 4.49. The Morgan fingerprint density at radius 3 is 2.18 bits per heavy atom. The fourth-order valence-electron chi connectivity index (χ4n) is 1.35. The molecule has 2 unspecified atom stereocenters.